The maximum absolute atomic E-state index is 12.0. The Kier molecular flexibility index (Phi) is 3.81. The quantitative estimate of drug-likeness (QED) is 0.836. The predicted octanol–water partition coefficient (Wildman–Crippen LogP) is 0.452. The fraction of sp³-hybridized carbons (Fsp3) is 0.300. The summed E-state index contributed by atoms with van der Waals surface area (Å²) in [6, 6.07) is 3.21. The number of nitrogens with zero attached hydrogens (tertiary/aromatic N) is 2. The molecule has 0 aliphatic rings. The molecule has 0 saturated carbocycles. The first-order valence-corrected chi connectivity index (χ1v) is 7.54. The number of hydrogen-bond acceptors (Lipinski definition) is 5. The number of aromatic nitrogens is 2. The van der Waals surface area contributed by atoms with Crippen LogP contribution < -0.4 is 4.72 Å². The minimum Gasteiger partial charge on any atom is -0.392 e. The van der Waals surface area contributed by atoms with E-state index in [4.69, 9.17) is 5.11 Å². The molecule has 2 heterocycles. The summed E-state index contributed by atoms with van der Waals surface area (Å²) in [5.74, 6) is 0. The Morgan fingerprint density at radius 3 is 2.89 bits per heavy atom. The van der Waals surface area contributed by atoms with E-state index >= 15 is 0 Å². The van der Waals surface area contributed by atoms with Gasteiger partial charge in [0.1, 0.15) is 4.21 Å². The highest BCUT2D eigenvalue weighted by atomic mass is 32.2. The zero-order valence-electron chi connectivity index (χ0n) is 9.70. The molecule has 0 amide bonds. The van der Waals surface area contributed by atoms with Crippen molar-refractivity contribution < 1.29 is 13.5 Å². The smallest absolute Gasteiger partial charge is 0.250 e. The van der Waals surface area contributed by atoms with E-state index in [0.717, 1.165) is 17.0 Å². The minimum atomic E-state index is -3.53. The topological polar surface area (TPSA) is 84.2 Å². The maximum Gasteiger partial charge on any atom is 0.250 e. The average Bonchev–Trinajstić information content (AvgIpc) is 2.95. The molecule has 8 heteroatoms. The van der Waals surface area contributed by atoms with Gasteiger partial charge in [0.05, 0.1) is 18.8 Å². The summed E-state index contributed by atoms with van der Waals surface area (Å²) in [6.45, 7) is 0.0267. The van der Waals surface area contributed by atoms with Gasteiger partial charge in [-0.3, -0.25) is 4.68 Å². The molecular formula is C10H13N3O3S2. The van der Waals surface area contributed by atoms with Crippen molar-refractivity contribution in [1.29, 1.82) is 0 Å². The van der Waals surface area contributed by atoms with Crippen molar-refractivity contribution in [1.82, 2.24) is 14.5 Å². The monoisotopic (exact) mass is 287 g/mol. The van der Waals surface area contributed by atoms with Crippen LogP contribution in [0.25, 0.3) is 0 Å². The van der Waals surface area contributed by atoms with Gasteiger partial charge >= 0.3 is 0 Å². The largest absolute Gasteiger partial charge is 0.392 e. The van der Waals surface area contributed by atoms with Gasteiger partial charge in [0.25, 0.3) is 0 Å². The second-order valence-electron chi connectivity index (χ2n) is 3.70. The molecular weight excluding hydrogens is 274 g/mol. The Labute approximate surface area is 109 Å². The fourth-order valence-corrected chi connectivity index (χ4v) is 3.64. The molecule has 0 unspecified atom stereocenters. The van der Waals surface area contributed by atoms with Crippen LogP contribution in [-0.2, 0) is 30.2 Å². The van der Waals surface area contributed by atoms with Crippen molar-refractivity contribution >= 4 is 21.4 Å². The molecule has 2 rings (SSSR count). The molecule has 0 radical (unpaired) electrons. The third kappa shape index (κ3) is 2.78. The number of rotatable bonds is 5. The molecule has 0 aromatic carbocycles. The molecule has 0 aliphatic carbocycles. The molecule has 2 aromatic rings. The predicted molar refractivity (Wildman–Crippen MR) is 67.5 cm³/mol. The molecule has 0 aliphatic heterocycles. The van der Waals surface area contributed by atoms with Crippen molar-refractivity contribution in [2.24, 2.45) is 7.05 Å². The molecule has 0 fully saturated rings. The van der Waals surface area contributed by atoms with E-state index in [1.165, 1.54) is 6.07 Å². The summed E-state index contributed by atoms with van der Waals surface area (Å²) in [5, 5.41) is 14.5. The summed E-state index contributed by atoms with van der Waals surface area (Å²) in [7, 11) is -1.78. The number of nitrogens with one attached hydrogen (secondary N) is 1. The molecule has 98 valence electrons. The molecule has 2 N–H and O–H groups in total. The normalized spacial score (nSPS) is 11.9. The Hall–Kier alpha value is -1.22. The van der Waals surface area contributed by atoms with Gasteiger partial charge in [-0.1, -0.05) is 0 Å². The van der Waals surface area contributed by atoms with Crippen LogP contribution in [0.3, 0.4) is 0 Å². The first-order valence-electron chi connectivity index (χ1n) is 5.18. The molecule has 2 aromatic heterocycles. The van der Waals surface area contributed by atoms with Gasteiger partial charge in [-0.15, -0.1) is 11.3 Å². The van der Waals surface area contributed by atoms with Crippen molar-refractivity contribution in [2.75, 3.05) is 0 Å². The third-order valence-electron chi connectivity index (χ3n) is 2.44. The number of sulfonamides is 1. The Morgan fingerprint density at radius 2 is 2.33 bits per heavy atom. The number of aliphatic hydroxyl groups is 1. The Morgan fingerprint density at radius 1 is 1.56 bits per heavy atom. The summed E-state index contributed by atoms with van der Waals surface area (Å²) in [5.41, 5.74) is 1.37. The number of hydrogen-bond donors (Lipinski definition) is 2. The van der Waals surface area contributed by atoms with Crippen LogP contribution in [0.5, 0.6) is 0 Å². The molecule has 6 nitrogen and oxygen atoms in total. The first kappa shape index (κ1) is 13.2. The highest BCUT2D eigenvalue weighted by molar-refractivity contribution is 7.91. The van der Waals surface area contributed by atoms with Crippen LogP contribution in [0.1, 0.15) is 11.3 Å². The average molecular weight is 287 g/mol. The van der Waals surface area contributed by atoms with Crippen LogP contribution in [0, 0.1) is 0 Å². The van der Waals surface area contributed by atoms with E-state index in [9.17, 15) is 8.42 Å². The van der Waals surface area contributed by atoms with Crippen LogP contribution in [-0.4, -0.2) is 23.3 Å². The second-order valence-corrected chi connectivity index (χ2v) is 6.61. The molecule has 0 atom stereocenters. The van der Waals surface area contributed by atoms with Gasteiger partial charge in [0.2, 0.25) is 10.0 Å². The lowest BCUT2D eigenvalue weighted by Crippen LogP contribution is -2.23. The first-order chi connectivity index (χ1) is 8.53. The highest BCUT2D eigenvalue weighted by Gasteiger charge is 2.16. The highest BCUT2D eigenvalue weighted by Crippen LogP contribution is 2.20. The van der Waals surface area contributed by atoms with E-state index in [1.54, 1.807) is 29.4 Å². The Balaban J connectivity index is 2.10. The second kappa shape index (κ2) is 5.19. The van der Waals surface area contributed by atoms with Gasteiger partial charge in [0.15, 0.2) is 0 Å². The zero-order valence-corrected chi connectivity index (χ0v) is 11.3. The Bertz CT molecular complexity index is 630. The van der Waals surface area contributed by atoms with E-state index < -0.39 is 10.0 Å². The van der Waals surface area contributed by atoms with Gasteiger partial charge in [0, 0.05) is 13.2 Å². The van der Waals surface area contributed by atoms with Crippen molar-refractivity contribution in [3.8, 4) is 0 Å². The molecule has 0 saturated heterocycles. The molecule has 0 bridgehead atoms. The standard InChI is InChI=1S/C10H13N3O3S2/c1-13-9(2-3-11-13)5-12-18(15,16)10-4-8(6-14)7-17-10/h2-4,7,12,14H,5-6H2,1H3. The summed E-state index contributed by atoms with van der Waals surface area (Å²) < 4.78 is 28.2. The fourth-order valence-electron chi connectivity index (χ4n) is 1.39. The van der Waals surface area contributed by atoms with Crippen LogP contribution in [0.15, 0.2) is 27.9 Å². The summed E-state index contributed by atoms with van der Waals surface area (Å²) >= 11 is 1.09. The van der Waals surface area contributed by atoms with E-state index in [1.807, 2.05) is 0 Å². The van der Waals surface area contributed by atoms with Crippen LogP contribution in [0.2, 0.25) is 0 Å². The lowest BCUT2D eigenvalue weighted by Gasteiger charge is -2.04. The lowest BCUT2D eigenvalue weighted by atomic mass is 10.4. The molecule has 18 heavy (non-hydrogen) atoms. The SMILES string of the molecule is Cn1nccc1CNS(=O)(=O)c1cc(CO)cs1. The van der Waals surface area contributed by atoms with Gasteiger partial charge in [-0.25, -0.2) is 13.1 Å². The summed E-state index contributed by atoms with van der Waals surface area (Å²) in [6.07, 6.45) is 1.61. The van der Waals surface area contributed by atoms with Crippen LogP contribution >= 0.6 is 11.3 Å². The van der Waals surface area contributed by atoms with Crippen molar-refractivity contribution in [3.05, 3.63) is 35.0 Å². The van der Waals surface area contributed by atoms with Crippen molar-refractivity contribution in [3.63, 3.8) is 0 Å². The third-order valence-corrected chi connectivity index (χ3v) is 5.33. The van der Waals surface area contributed by atoms with Crippen molar-refractivity contribution in [2.45, 2.75) is 17.4 Å². The molecule has 0 spiro atoms. The number of thiophene rings is 1. The minimum absolute atomic E-state index is 0.159. The number of aliphatic hydroxyl groups excluding tert-OH is 1. The van der Waals surface area contributed by atoms with E-state index in [-0.39, 0.29) is 17.4 Å². The summed E-state index contributed by atoms with van der Waals surface area (Å²) in [4.78, 5) is 0. The van der Waals surface area contributed by atoms with E-state index in [2.05, 4.69) is 9.82 Å². The van der Waals surface area contributed by atoms with Crippen LogP contribution in [0.4, 0.5) is 0 Å². The maximum atomic E-state index is 12.0. The van der Waals surface area contributed by atoms with E-state index in [0.29, 0.717) is 5.56 Å². The van der Waals surface area contributed by atoms with Gasteiger partial charge < -0.3 is 5.11 Å². The zero-order chi connectivity index (χ0) is 13.2. The number of aryl methyl sites for hydroxylation is 1. The van der Waals surface area contributed by atoms with Gasteiger partial charge in [-0.05, 0) is 23.1 Å². The van der Waals surface area contributed by atoms with Gasteiger partial charge in [-0.2, -0.15) is 5.10 Å². The lowest BCUT2D eigenvalue weighted by molar-refractivity contribution is 0.282.